The van der Waals surface area contributed by atoms with Crippen LogP contribution >= 0.6 is 23.2 Å². The minimum absolute atomic E-state index is 0.473. The molecule has 2 heterocycles. The van der Waals surface area contributed by atoms with E-state index in [0.29, 0.717) is 22.5 Å². The number of benzene rings is 1. The van der Waals surface area contributed by atoms with E-state index >= 15 is 0 Å². The predicted molar refractivity (Wildman–Crippen MR) is 88.4 cm³/mol. The van der Waals surface area contributed by atoms with E-state index in [1.807, 2.05) is 12.4 Å². The second kappa shape index (κ2) is 7.01. The normalized spacial score (nSPS) is 21.0. The highest BCUT2D eigenvalue weighted by Gasteiger charge is 2.24. The van der Waals surface area contributed by atoms with Crippen molar-refractivity contribution in [1.29, 1.82) is 0 Å². The van der Waals surface area contributed by atoms with Gasteiger partial charge in [-0.2, -0.15) is 5.10 Å². The molecule has 1 aromatic carbocycles. The number of halogens is 2. The van der Waals surface area contributed by atoms with Gasteiger partial charge in [-0.1, -0.05) is 29.3 Å². The predicted octanol–water partition coefficient (Wildman–Crippen LogP) is 3.63. The lowest BCUT2D eigenvalue weighted by molar-refractivity contribution is 0.0955. The maximum atomic E-state index is 10.5. The van der Waals surface area contributed by atoms with E-state index < -0.39 is 6.10 Å². The molecule has 0 spiro atoms. The minimum atomic E-state index is -0.604. The summed E-state index contributed by atoms with van der Waals surface area (Å²) in [5.41, 5.74) is 1.97. The Labute approximate surface area is 140 Å². The largest absolute Gasteiger partial charge is 0.387 e. The number of aromatic nitrogens is 2. The fourth-order valence-corrected chi connectivity index (χ4v) is 3.63. The molecule has 2 atom stereocenters. The smallest absolute Gasteiger partial charge is 0.0931 e. The Kier molecular flexibility index (Phi) is 5.03. The van der Waals surface area contributed by atoms with E-state index in [9.17, 15) is 5.11 Å². The van der Waals surface area contributed by atoms with E-state index in [1.165, 1.54) is 5.56 Å². The van der Waals surface area contributed by atoms with Crippen molar-refractivity contribution in [2.24, 2.45) is 0 Å². The third-order valence-electron chi connectivity index (χ3n) is 4.25. The Morgan fingerprint density at radius 2 is 2.27 bits per heavy atom. The molecule has 0 amide bonds. The number of H-pyrrole nitrogens is 1. The fourth-order valence-electron chi connectivity index (χ4n) is 3.09. The van der Waals surface area contributed by atoms with E-state index in [0.717, 1.165) is 31.5 Å². The summed E-state index contributed by atoms with van der Waals surface area (Å²) in [6.45, 7) is 2.51. The van der Waals surface area contributed by atoms with Crippen LogP contribution in [0.2, 0.25) is 10.0 Å². The number of piperidine rings is 1. The number of β-amino-alcohol motifs (C(OH)–C–C–N with tert-alkyl or cyclic N) is 1. The van der Waals surface area contributed by atoms with E-state index in [2.05, 4.69) is 15.1 Å². The molecule has 1 fully saturated rings. The second-order valence-electron chi connectivity index (χ2n) is 5.81. The Morgan fingerprint density at radius 1 is 1.41 bits per heavy atom. The monoisotopic (exact) mass is 339 g/mol. The lowest BCUT2D eigenvalue weighted by Gasteiger charge is -2.33. The van der Waals surface area contributed by atoms with Crippen molar-refractivity contribution >= 4 is 23.2 Å². The van der Waals surface area contributed by atoms with Crippen molar-refractivity contribution in [3.8, 4) is 0 Å². The van der Waals surface area contributed by atoms with Gasteiger partial charge in [-0.3, -0.25) is 10.00 Å². The van der Waals surface area contributed by atoms with Gasteiger partial charge in [-0.05, 0) is 43.0 Å². The zero-order valence-electron chi connectivity index (χ0n) is 12.2. The molecular weight excluding hydrogens is 321 g/mol. The average molecular weight is 340 g/mol. The first kappa shape index (κ1) is 15.8. The number of hydrogen-bond donors (Lipinski definition) is 2. The molecule has 0 saturated carbocycles. The minimum Gasteiger partial charge on any atom is -0.387 e. The van der Waals surface area contributed by atoms with Gasteiger partial charge in [0, 0.05) is 34.9 Å². The van der Waals surface area contributed by atoms with Crippen LogP contribution in [0.4, 0.5) is 0 Å². The second-order valence-corrected chi connectivity index (χ2v) is 6.66. The molecule has 3 rings (SSSR count). The van der Waals surface area contributed by atoms with Crippen LogP contribution in [-0.4, -0.2) is 39.8 Å². The van der Waals surface area contributed by atoms with Crippen molar-refractivity contribution in [2.75, 3.05) is 19.6 Å². The van der Waals surface area contributed by atoms with Crippen molar-refractivity contribution in [3.05, 3.63) is 51.8 Å². The van der Waals surface area contributed by atoms with Crippen LogP contribution in [0.1, 0.15) is 36.0 Å². The number of rotatable bonds is 4. The number of nitrogens with zero attached hydrogens (tertiary/aromatic N) is 2. The zero-order valence-corrected chi connectivity index (χ0v) is 13.7. The van der Waals surface area contributed by atoms with Crippen LogP contribution in [0.3, 0.4) is 0 Å². The highest BCUT2D eigenvalue weighted by Crippen LogP contribution is 2.30. The van der Waals surface area contributed by atoms with Crippen LogP contribution in [0.15, 0.2) is 30.6 Å². The average Bonchev–Trinajstić information content (AvgIpc) is 3.01. The van der Waals surface area contributed by atoms with Gasteiger partial charge >= 0.3 is 0 Å². The van der Waals surface area contributed by atoms with Crippen LogP contribution in [0.5, 0.6) is 0 Å². The molecule has 2 N–H and O–H groups in total. The molecule has 22 heavy (non-hydrogen) atoms. The summed E-state index contributed by atoms with van der Waals surface area (Å²) in [5.74, 6) is 0.473. The van der Waals surface area contributed by atoms with Gasteiger partial charge in [0.15, 0.2) is 0 Å². The van der Waals surface area contributed by atoms with Gasteiger partial charge in [0.1, 0.15) is 0 Å². The summed E-state index contributed by atoms with van der Waals surface area (Å²) < 4.78 is 0. The van der Waals surface area contributed by atoms with Crippen LogP contribution in [-0.2, 0) is 0 Å². The highest BCUT2D eigenvalue weighted by atomic mass is 35.5. The lowest BCUT2D eigenvalue weighted by atomic mass is 9.92. The third-order valence-corrected chi connectivity index (χ3v) is 4.81. The molecule has 2 aromatic rings. The van der Waals surface area contributed by atoms with Crippen LogP contribution in [0, 0.1) is 0 Å². The van der Waals surface area contributed by atoms with Crippen molar-refractivity contribution in [1.82, 2.24) is 15.1 Å². The Balaban J connectivity index is 1.64. The molecule has 0 bridgehead atoms. The first-order chi connectivity index (χ1) is 10.6. The summed E-state index contributed by atoms with van der Waals surface area (Å²) >= 11 is 12.1. The topological polar surface area (TPSA) is 52.1 Å². The van der Waals surface area contributed by atoms with Crippen molar-refractivity contribution in [3.63, 3.8) is 0 Å². The Morgan fingerprint density at radius 3 is 3.00 bits per heavy atom. The maximum Gasteiger partial charge on any atom is 0.0931 e. The van der Waals surface area contributed by atoms with Gasteiger partial charge in [-0.15, -0.1) is 0 Å². The van der Waals surface area contributed by atoms with Gasteiger partial charge < -0.3 is 5.11 Å². The molecule has 1 aliphatic rings. The Hall–Kier alpha value is -1.07. The summed E-state index contributed by atoms with van der Waals surface area (Å²) in [4.78, 5) is 2.29. The molecule has 6 heteroatoms. The van der Waals surface area contributed by atoms with E-state index in [4.69, 9.17) is 23.2 Å². The molecule has 1 saturated heterocycles. The van der Waals surface area contributed by atoms with Crippen molar-refractivity contribution < 1.29 is 5.11 Å². The molecule has 0 aliphatic carbocycles. The van der Waals surface area contributed by atoms with Crippen molar-refractivity contribution in [2.45, 2.75) is 24.9 Å². The van der Waals surface area contributed by atoms with Gasteiger partial charge in [0.2, 0.25) is 0 Å². The standard InChI is InChI=1S/C16H19Cl2N3O/c17-13-3-4-14(15(18)6-13)16(22)10-21-5-1-2-11(9-21)12-7-19-20-8-12/h3-4,6-8,11,16,22H,1-2,5,9-10H2,(H,19,20). The lowest BCUT2D eigenvalue weighted by Crippen LogP contribution is -2.37. The zero-order chi connectivity index (χ0) is 15.5. The van der Waals surface area contributed by atoms with Crippen LogP contribution in [0.25, 0.3) is 0 Å². The molecule has 1 aliphatic heterocycles. The first-order valence-corrected chi connectivity index (χ1v) is 8.23. The van der Waals surface area contributed by atoms with E-state index in [1.54, 1.807) is 18.2 Å². The van der Waals surface area contributed by atoms with Gasteiger partial charge in [0.25, 0.3) is 0 Å². The number of nitrogens with one attached hydrogen (secondary N) is 1. The van der Waals surface area contributed by atoms with E-state index in [-0.39, 0.29) is 0 Å². The van der Waals surface area contributed by atoms with Gasteiger partial charge in [0.05, 0.1) is 12.3 Å². The SMILES string of the molecule is OC(CN1CCCC(c2cn[nH]c2)C1)c1ccc(Cl)cc1Cl. The summed E-state index contributed by atoms with van der Waals surface area (Å²) in [6, 6.07) is 5.23. The molecule has 0 radical (unpaired) electrons. The fraction of sp³-hybridized carbons (Fsp3) is 0.438. The number of aliphatic hydroxyl groups excluding tert-OH is 1. The van der Waals surface area contributed by atoms with Gasteiger partial charge in [-0.25, -0.2) is 0 Å². The number of aliphatic hydroxyl groups is 1. The highest BCUT2D eigenvalue weighted by molar-refractivity contribution is 6.35. The van der Waals surface area contributed by atoms with Crippen LogP contribution < -0.4 is 0 Å². The number of aromatic amines is 1. The number of hydrogen-bond acceptors (Lipinski definition) is 3. The molecule has 118 valence electrons. The summed E-state index contributed by atoms with van der Waals surface area (Å²) in [6.07, 6.45) is 5.53. The quantitative estimate of drug-likeness (QED) is 0.894. The maximum absolute atomic E-state index is 10.5. The molecular formula is C16H19Cl2N3O. The first-order valence-electron chi connectivity index (χ1n) is 7.47. The summed E-state index contributed by atoms with van der Waals surface area (Å²) in [5, 5.41) is 18.5. The molecule has 4 nitrogen and oxygen atoms in total. The summed E-state index contributed by atoms with van der Waals surface area (Å²) in [7, 11) is 0. The number of likely N-dealkylation sites (tertiary alicyclic amines) is 1. The molecule has 2 unspecified atom stereocenters. The molecule has 1 aromatic heterocycles. The Bertz CT molecular complexity index is 618. The third kappa shape index (κ3) is 3.63.